The van der Waals surface area contributed by atoms with Crippen LogP contribution >= 0.6 is 0 Å². The number of hydrogen-bond donors (Lipinski definition) is 1. The van der Waals surface area contributed by atoms with Crippen LogP contribution in [0.3, 0.4) is 0 Å². The van der Waals surface area contributed by atoms with Gasteiger partial charge in [-0.15, -0.1) is 0 Å². The largest absolute Gasteiger partial charge is 0.368 e. The highest BCUT2D eigenvalue weighted by atomic mass is 16.5. The molecule has 0 radical (unpaired) electrons. The molecule has 1 N–H and O–H groups in total. The molecule has 2 heterocycles. The normalized spacial score (nSPS) is 33.4. The molecule has 0 aromatic rings. The summed E-state index contributed by atoms with van der Waals surface area (Å²) in [6.45, 7) is 5.40. The molecule has 2 aliphatic heterocycles. The van der Waals surface area contributed by atoms with Gasteiger partial charge in [0.1, 0.15) is 6.10 Å². The van der Waals surface area contributed by atoms with Crippen molar-refractivity contribution in [3.8, 4) is 0 Å². The van der Waals surface area contributed by atoms with E-state index in [1.807, 2.05) is 4.90 Å². The Morgan fingerprint density at radius 2 is 2.43 bits per heavy atom. The molecule has 80 valence electrons. The molecule has 0 aromatic carbocycles. The number of hydrogen-bond acceptors (Lipinski definition) is 3. The van der Waals surface area contributed by atoms with Gasteiger partial charge in [-0.3, -0.25) is 4.79 Å². The molecule has 1 amide bonds. The predicted octanol–water partition coefficient (Wildman–Crippen LogP) is -0.0143. The van der Waals surface area contributed by atoms with Crippen LogP contribution in [-0.2, 0) is 9.53 Å². The summed E-state index contributed by atoms with van der Waals surface area (Å²) in [5.41, 5.74) is 0. The first-order chi connectivity index (χ1) is 6.77. The molecule has 0 saturated carbocycles. The summed E-state index contributed by atoms with van der Waals surface area (Å²) < 4.78 is 5.39. The minimum absolute atomic E-state index is 0.153. The van der Waals surface area contributed by atoms with Crippen molar-refractivity contribution < 1.29 is 9.53 Å². The van der Waals surface area contributed by atoms with E-state index in [2.05, 4.69) is 12.2 Å². The van der Waals surface area contributed by atoms with E-state index in [0.29, 0.717) is 6.04 Å². The van der Waals surface area contributed by atoms with Gasteiger partial charge < -0.3 is 15.0 Å². The summed E-state index contributed by atoms with van der Waals surface area (Å²) in [6, 6.07) is 0.411. The lowest BCUT2D eigenvalue weighted by Crippen LogP contribution is -2.53. The Kier molecular flexibility index (Phi) is 3.03. The first kappa shape index (κ1) is 9.93. The van der Waals surface area contributed by atoms with Gasteiger partial charge in [-0.1, -0.05) is 0 Å². The van der Waals surface area contributed by atoms with Crippen molar-refractivity contribution in [2.75, 3.05) is 26.2 Å². The van der Waals surface area contributed by atoms with Gasteiger partial charge in [0, 0.05) is 32.3 Å². The molecule has 0 aromatic heterocycles. The van der Waals surface area contributed by atoms with Crippen molar-refractivity contribution in [2.45, 2.75) is 31.9 Å². The van der Waals surface area contributed by atoms with E-state index in [9.17, 15) is 4.79 Å². The molecule has 2 fully saturated rings. The average Bonchev–Trinajstić information content (AvgIpc) is 2.69. The lowest BCUT2D eigenvalue weighted by Gasteiger charge is -2.33. The van der Waals surface area contributed by atoms with Crippen LogP contribution in [0.2, 0.25) is 0 Å². The van der Waals surface area contributed by atoms with Gasteiger partial charge in [-0.05, 0) is 19.8 Å². The van der Waals surface area contributed by atoms with Gasteiger partial charge in [0.2, 0.25) is 0 Å². The third kappa shape index (κ3) is 2.07. The van der Waals surface area contributed by atoms with Gasteiger partial charge in [-0.2, -0.15) is 0 Å². The number of nitrogens with one attached hydrogen (secondary N) is 1. The molecule has 1 unspecified atom stereocenters. The van der Waals surface area contributed by atoms with Crippen LogP contribution in [0.5, 0.6) is 0 Å². The second-order valence-corrected chi connectivity index (χ2v) is 4.14. The smallest absolute Gasteiger partial charge is 0.251 e. The Labute approximate surface area is 84.6 Å². The first-order valence-corrected chi connectivity index (χ1v) is 5.41. The zero-order valence-electron chi connectivity index (χ0n) is 8.66. The molecule has 0 bridgehead atoms. The topological polar surface area (TPSA) is 41.6 Å². The lowest BCUT2D eigenvalue weighted by molar-refractivity contribution is -0.142. The van der Waals surface area contributed by atoms with Crippen molar-refractivity contribution >= 4 is 5.91 Å². The zero-order valence-corrected chi connectivity index (χ0v) is 8.66. The van der Waals surface area contributed by atoms with Crippen molar-refractivity contribution in [1.82, 2.24) is 10.2 Å². The first-order valence-electron chi connectivity index (χ1n) is 5.41. The number of ether oxygens (including phenoxy) is 1. The number of nitrogens with zero attached hydrogens (tertiary/aromatic N) is 1. The Bertz CT molecular complexity index is 214. The molecule has 2 aliphatic rings. The molecule has 14 heavy (non-hydrogen) atoms. The quantitative estimate of drug-likeness (QED) is 0.644. The van der Waals surface area contributed by atoms with Gasteiger partial charge in [0.25, 0.3) is 5.91 Å². The average molecular weight is 198 g/mol. The van der Waals surface area contributed by atoms with Gasteiger partial charge >= 0.3 is 0 Å². The van der Waals surface area contributed by atoms with Crippen LogP contribution < -0.4 is 5.32 Å². The fourth-order valence-electron chi connectivity index (χ4n) is 2.11. The van der Waals surface area contributed by atoms with Crippen LogP contribution in [0.25, 0.3) is 0 Å². The summed E-state index contributed by atoms with van der Waals surface area (Å²) in [6.07, 6.45) is 1.77. The van der Waals surface area contributed by atoms with E-state index < -0.39 is 0 Å². The monoisotopic (exact) mass is 198 g/mol. The molecule has 4 nitrogen and oxygen atoms in total. The van der Waals surface area contributed by atoms with Crippen LogP contribution in [0.4, 0.5) is 0 Å². The van der Waals surface area contributed by atoms with Crippen molar-refractivity contribution in [1.29, 1.82) is 0 Å². The van der Waals surface area contributed by atoms with E-state index in [0.717, 1.165) is 39.1 Å². The van der Waals surface area contributed by atoms with E-state index >= 15 is 0 Å². The Morgan fingerprint density at radius 3 is 3.07 bits per heavy atom. The second-order valence-electron chi connectivity index (χ2n) is 4.14. The van der Waals surface area contributed by atoms with Crippen molar-refractivity contribution in [3.63, 3.8) is 0 Å². The number of amides is 1. The fraction of sp³-hybridized carbons (Fsp3) is 0.900. The van der Waals surface area contributed by atoms with Gasteiger partial charge in [0.05, 0.1) is 0 Å². The standard InChI is InChI=1S/C10H18N2O2/c1-8-7-12(5-4-11-8)10(13)9-3-2-6-14-9/h8-9,11H,2-7H2,1H3/t8-,9?/m0/s1. The van der Waals surface area contributed by atoms with Crippen molar-refractivity contribution in [2.24, 2.45) is 0 Å². The summed E-state index contributed by atoms with van der Waals surface area (Å²) in [4.78, 5) is 13.8. The minimum atomic E-state index is -0.153. The number of piperazine rings is 1. The van der Waals surface area contributed by atoms with Crippen LogP contribution in [0.15, 0.2) is 0 Å². The highest BCUT2D eigenvalue weighted by molar-refractivity contribution is 5.81. The SMILES string of the molecule is C[C@H]1CN(C(=O)C2CCCO2)CCN1. The maximum absolute atomic E-state index is 11.9. The number of carbonyl (C=O) groups excluding carboxylic acids is 1. The third-order valence-electron chi connectivity index (χ3n) is 2.89. The molecular formula is C10H18N2O2. The van der Waals surface area contributed by atoms with Gasteiger partial charge in [-0.25, -0.2) is 0 Å². The molecule has 0 aliphatic carbocycles. The molecule has 2 atom stereocenters. The van der Waals surface area contributed by atoms with Gasteiger partial charge in [0.15, 0.2) is 0 Å². The molecule has 4 heteroatoms. The Morgan fingerprint density at radius 1 is 1.57 bits per heavy atom. The third-order valence-corrected chi connectivity index (χ3v) is 2.89. The van der Waals surface area contributed by atoms with Crippen LogP contribution in [0, 0.1) is 0 Å². The molecule has 0 spiro atoms. The van der Waals surface area contributed by atoms with E-state index in [4.69, 9.17) is 4.74 Å². The van der Waals surface area contributed by atoms with E-state index in [-0.39, 0.29) is 12.0 Å². The van der Waals surface area contributed by atoms with E-state index in [1.165, 1.54) is 0 Å². The maximum Gasteiger partial charge on any atom is 0.251 e. The van der Waals surface area contributed by atoms with E-state index in [1.54, 1.807) is 0 Å². The predicted molar refractivity (Wildman–Crippen MR) is 53.0 cm³/mol. The van der Waals surface area contributed by atoms with Crippen molar-refractivity contribution in [3.05, 3.63) is 0 Å². The molecule has 2 saturated heterocycles. The summed E-state index contributed by atoms with van der Waals surface area (Å²) in [7, 11) is 0. The Hall–Kier alpha value is -0.610. The van der Waals surface area contributed by atoms with Crippen LogP contribution in [0.1, 0.15) is 19.8 Å². The fourth-order valence-corrected chi connectivity index (χ4v) is 2.11. The lowest BCUT2D eigenvalue weighted by atomic mass is 10.1. The zero-order chi connectivity index (χ0) is 9.97. The second kappa shape index (κ2) is 4.28. The molecular weight excluding hydrogens is 180 g/mol. The minimum Gasteiger partial charge on any atom is -0.368 e. The maximum atomic E-state index is 11.9. The summed E-state index contributed by atoms with van der Waals surface area (Å²) in [5, 5.41) is 3.32. The highest BCUT2D eigenvalue weighted by Crippen LogP contribution is 2.15. The summed E-state index contributed by atoms with van der Waals surface area (Å²) >= 11 is 0. The molecule has 2 rings (SSSR count). The van der Waals surface area contributed by atoms with Crippen LogP contribution in [-0.4, -0.2) is 49.2 Å². The number of rotatable bonds is 1. The highest BCUT2D eigenvalue weighted by Gasteiger charge is 2.30. The summed E-state index contributed by atoms with van der Waals surface area (Å²) in [5.74, 6) is 0.191. The number of carbonyl (C=O) groups is 1. The Balaban J connectivity index is 1.89.